The minimum absolute atomic E-state index is 0.0420. The summed E-state index contributed by atoms with van der Waals surface area (Å²) in [6.45, 7) is 2.08. The van der Waals surface area contributed by atoms with E-state index in [1.165, 1.54) is 0 Å². The van der Waals surface area contributed by atoms with Gasteiger partial charge in [-0.05, 0) is 6.92 Å². The molecule has 5 heteroatoms. The van der Waals surface area contributed by atoms with Crippen LogP contribution in [0.5, 0.6) is 0 Å². The molecule has 66 valence electrons. The van der Waals surface area contributed by atoms with Gasteiger partial charge in [0.2, 0.25) is 11.8 Å². The number of nitrogens with zero attached hydrogens (tertiary/aromatic N) is 1. The van der Waals surface area contributed by atoms with Crippen LogP contribution in [0.15, 0.2) is 10.6 Å². The molecule has 0 radical (unpaired) electrons. The summed E-state index contributed by atoms with van der Waals surface area (Å²) in [6, 6.07) is 0. The molecule has 1 amide bonds. The van der Waals surface area contributed by atoms with E-state index in [9.17, 15) is 4.79 Å². The van der Waals surface area contributed by atoms with Gasteiger partial charge in [0, 0.05) is 0 Å². The zero-order valence-electron chi connectivity index (χ0n) is 6.63. The molecule has 1 aromatic heterocycles. The van der Waals surface area contributed by atoms with E-state index in [2.05, 4.69) is 10.3 Å². The normalized spacial score (nSPS) is 9.83. The Morgan fingerprint density at radius 2 is 2.58 bits per heavy atom. The number of carbonyl (C=O) groups is 1. The first-order chi connectivity index (χ1) is 5.72. The second-order valence-electron chi connectivity index (χ2n) is 2.28. The Hall–Kier alpha value is -1.03. The van der Waals surface area contributed by atoms with Crippen molar-refractivity contribution in [1.82, 2.24) is 10.3 Å². The van der Waals surface area contributed by atoms with Gasteiger partial charge < -0.3 is 9.73 Å². The molecule has 1 heterocycles. The van der Waals surface area contributed by atoms with Crippen molar-refractivity contribution < 1.29 is 9.21 Å². The van der Waals surface area contributed by atoms with Crippen LogP contribution >= 0.6 is 11.6 Å². The highest BCUT2D eigenvalue weighted by Gasteiger charge is 2.02. The van der Waals surface area contributed by atoms with Crippen molar-refractivity contribution in [3.8, 4) is 0 Å². The highest BCUT2D eigenvalue weighted by atomic mass is 35.5. The summed E-state index contributed by atoms with van der Waals surface area (Å²) in [6.07, 6.45) is 1.60. The molecular weight excluding hydrogens is 180 g/mol. The number of oxazole rings is 1. The zero-order valence-corrected chi connectivity index (χ0v) is 7.39. The van der Waals surface area contributed by atoms with Crippen LogP contribution in [0.3, 0.4) is 0 Å². The van der Waals surface area contributed by atoms with Crippen molar-refractivity contribution in [2.24, 2.45) is 0 Å². The maximum atomic E-state index is 10.7. The SMILES string of the molecule is Cc1cnc(CNC(=O)CCl)o1. The van der Waals surface area contributed by atoms with E-state index in [0.717, 1.165) is 5.76 Å². The van der Waals surface area contributed by atoms with Crippen LogP contribution in [0, 0.1) is 6.92 Å². The Balaban J connectivity index is 2.38. The van der Waals surface area contributed by atoms with Gasteiger partial charge in [-0.15, -0.1) is 11.6 Å². The Morgan fingerprint density at radius 3 is 3.08 bits per heavy atom. The summed E-state index contributed by atoms with van der Waals surface area (Å²) in [5.74, 6) is 0.947. The molecule has 0 saturated heterocycles. The van der Waals surface area contributed by atoms with Crippen molar-refractivity contribution in [3.63, 3.8) is 0 Å². The Morgan fingerprint density at radius 1 is 1.83 bits per heavy atom. The van der Waals surface area contributed by atoms with Crippen molar-refractivity contribution >= 4 is 17.5 Å². The maximum Gasteiger partial charge on any atom is 0.235 e. The number of nitrogens with one attached hydrogen (secondary N) is 1. The molecular formula is C7H9ClN2O2. The van der Waals surface area contributed by atoms with Gasteiger partial charge in [-0.1, -0.05) is 0 Å². The average molecular weight is 189 g/mol. The van der Waals surface area contributed by atoms with Gasteiger partial charge in [0.15, 0.2) is 0 Å². The van der Waals surface area contributed by atoms with E-state index in [1.807, 2.05) is 0 Å². The molecule has 0 spiro atoms. The molecule has 0 atom stereocenters. The fourth-order valence-corrected chi connectivity index (χ4v) is 0.799. The summed E-state index contributed by atoms with van der Waals surface area (Å²) in [5.41, 5.74) is 0. The van der Waals surface area contributed by atoms with E-state index in [1.54, 1.807) is 13.1 Å². The Bertz CT molecular complexity index is 272. The van der Waals surface area contributed by atoms with Crippen LogP contribution in [0.25, 0.3) is 0 Å². The molecule has 0 aliphatic heterocycles. The highest BCUT2D eigenvalue weighted by molar-refractivity contribution is 6.27. The minimum atomic E-state index is -0.229. The van der Waals surface area contributed by atoms with Gasteiger partial charge in [0.05, 0.1) is 12.7 Å². The third-order valence-corrected chi connectivity index (χ3v) is 1.47. The topological polar surface area (TPSA) is 55.1 Å². The first-order valence-electron chi connectivity index (χ1n) is 3.46. The summed E-state index contributed by atoms with van der Waals surface area (Å²) in [4.78, 5) is 14.6. The van der Waals surface area contributed by atoms with Crippen molar-refractivity contribution in [2.75, 3.05) is 5.88 Å². The van der Waals surface area contributed by atoms with Crippen molar-refractivity contribution in [3.05, 3.63) is 17.8 Å². The summed E-state index contributed by atoms with van der Waals surface area (Å²) < 4.78 is 5.11. The van der Waals surface area contributed by atoms with Crippen LogP contribution in [0.1, 0.15) is 11.7 Å². The number of alkyl halides is 1. The second-order valence-corrected chi connectivity index (χ2v) is 2.54. The first-order valence-corrected chi connectivity index (χ1v) is 4.00. The predicted molar refractivity (Wildman–Crippen MR) is 43.8 cm³/mol. The molecule has 0 aromatic carbocycles. The van der Waals surface area contributed by atoms with Gasteiger partial charge in [-0.3, -0.25) is 4.79 Å². The number of rotatable bonds is 3. The molecule has 0 aliphatic carbocycles. The number of halogens is 1. The van der Waals surface area contributed by atoms with Gasteiger partial charge in [-0.2, -0.15) is 0 Å². The summed E-state index contributed by atoms with van der Waals surface area (Å²) in [7, 11) is 0. The molecule has 0 aliphatic rings. The van der Waals surface area contributed by atoms with E-state index in [0.29, 0.717) is 12.4 Å². The molecule has 1 N–H and O–H groups in total. The lowest BCUT2D eigenvalue weighted by atomic mass is 10.6. The lowest BCUT2D eigenvalue weighted by Crippen LogP contribution is -2.23. The third-order valence-electron chi connectivity index (χ3n) is 1.23. The summed E-state index contributed by atoms with van der Waals surface area (Å²) in [5, 5.41) is 2.53. The fourth-order valence-electron chi connectivity index (χ4n) is 0.705. The molecule has 0 saturated carbocycles. The average Bonchev–Trinajstić information content (AvgIpc) is 2.47. The van der Waals surface area contributed by atoms with E-state index >= 15 is 0 Å². The van der Waals surface area contributed by atoms with Crippen LogP contribution < -0.4 is 5.32 Å². The number of hydrogen-bond acceptors (Lipinski definition) is 3. The second kappa shape index (κ2) is 4.11. The zero-order chi connectivity index (χ0) is 8.97. The Labute approximate surface area is 74.9 Å². The smallest absolute Gasteiger partial charge is 0.235 e. The van der Waals surface area contributed by atoms with Gasteiger partial charge in [0.1, 0.15) is 11.6 Å². The van der Waals surface area contributed by atoms with Crippen LogP contribution in [0.4, 0.5) is 0 Å². The Kier molecular flexibility index (Phi) is 3.10. The monoisotopic (exact) mass is 188 g/mol. The molecule has 0 bridgehead atoms. The maximum absolute atomic E-state index is 10.7. The predicted octanol–water partition coefficient (Wildman–Crippen LogP) is 0.838. The fraction of sp³-hybridized carbons (Fsp3) is 0.429. The van der Waals surface area contributed by atoms with E-state index < -0.39 is 0 Å². The summed E-state index contributed by atoms with van der Waals surface area (Å²) >= 11 is 5.26. The van der Waals surface area contributed by atoms with Crippen LogP contribution in [-0.4, -0.2) is 16.8 Å². The third kappa shape index (κ3) is 2.54. The lowest BCUT2D eigenvalue weighted by molar-refractivity contribution is -0.118. The van der Waals surface area contributed by atoms with E-state index in [-0.39, 0.29) is 11.8 Å². The molecule has 1 rings (SSSR count). The largest absolute Gasteiger partial charge is 0.444 e. The number of aromatic nitrogens is 1. The molecule has 12 heavy (non-hydrogen) atoms. The number of hydrogen-bond donors (Lipinski definition) is 1. The van der Waals surface area contributed by atoms with Gasteiger partial charge in [0.25, 0.3) is 0 Å². The standard InChI is InChI=1S/C7H9ClN2O2/c1-5-3-10-7(12-5)4-9-6(11)2-8/h3H,2,4H2,1H3,(H,9,11). The van der Waals surface area contributed by atoms with Crippen LogP contribution in [0.2, 0.25) is 0 Å². The highest BCUT2D eigenvalue weighted by Crippen LogP contribution is 2.00. The molecule has 0 fully saturated rings. The first kappa shape index (κ1) is 9.06. The van der Waals surface area contributed by atoms with Gasteiger partial charge in [-0.25, -0.2) is 4.98 Å². The number of carbonyl (C=O) groups excluding carboxylic acids is 1. The number of aryl methyl sites for hydroxylation is 1. The van der Waals surface area contributed by atoms with Crippen molar-refractivity contribution in [1.29, 1.82) is 0 Å². The van der Waals surface area contributed by atoms with Crippen LogP contribution in [-0.2, 0) is 11.3 Å². The lowest BCUT2D eigenvalue weighted by Gasteiger charge is -1.97. The molecule has 1 aromatic rings. The minimum Gasteiger partial charge on any atom is -0.444 e. The molecule has 4 nitrogen and oxygen atoms in total. The van der Waals surface area contributed by atoms with E-state index in [4.69, 9.17) is 16.0 Å². The molecule has 0 unspecified atom stereocenters. The number of amides is 1. The quantitative estimate of drug-likeness (QED) is 0.716. The van der Waals surface area contributed by atoms with Gasteiger partial charge >= 0.3 is 0 Å². The van der Waals surface area contributed by atoms with Crippen molar-refractivity contribution in [2.45, 2.75) is 13.5 Å².